The van der Waals surface area contributed by atoms with E-state index in [1.54, 1.807) is 7.11 Å². The monoisotopic (exact) mass is 250 g/mol. The van der Waals surface area contributed by atoms with Crippen LogP contribution in [0, 0.1) is 0 Å². The van der Waals surface area contributed by atoms with Crippen molar-refractivity contribution in [1.82, 2.24) is 0 Å². The van der Waals surface area contributed by atoms with E-state index in [1.807, 2.05) is 24.3 Å². The molecule has 0 bridgehead atoms. The lowest BCUT2D eigenvalue weighted by atomic mass is 10.2. The summed E-state index contributed by atoms with van der Waals surface area (Å²) in [5, 5.41) is 3.51. The van der Waals surface area contributed by atoms with Crippen LogP contribution in [0.3, 0.4) is 0 Å². The Labute approximate surface area is 108 Å². The highest BCUT2D eigenvalue weighted by atomic mass is 16.5. The van der Waals surface area contributed by atoms with Crippen molar-refractivity contribution in [3.63, 3.8) is 0 Å². The van der Waals surface area contributed by atoms with Crippen LogP contribution in [0.25, 0.3) is 0 Å². The zero-order valence-electron chi connectivity index (χ0n) is 10.9. The molecule has 0 radical (unpaired) electrons. The van der Waals surface area contributed by atoms with Crippen LogP contribution in [0.5, 0.6) is 5.75 Å². The summed E-state index contributed by atoms with van der Waals surface area (Å²) in [6.07, 6.45) is 3.34. The first-order valence-electron chi connectivity index (χ1n) is 6.52. The molecule has 2 atom stereocenters. The van der Waals surface area contributed by atoms with Gasteiger partial charge in [-0.2, -0.15) is 0 Å². The molecule has 1 fully saturated rings. The van der Waals surface area contributed by atoms with Crippen molar-refractivity contribution in [1.29, 1.82) is 0 Å². The summed E-state index contributed by atoms with van der Waals surface area (Å²) in [6, 6.07) is 8.93. The van der Waals surface area contributed by atoms with E-state index in [-0.39, 0.29) is 0 Å². The lowest BCUT2D eigenvalue weighted by molar-refractivity contribution is 0.146. The van der Waals surface area contributed by atoms with Gasteiger partial charge in [0, 0.05) is 24.9 Å². The zero-order chi connectivity index (χ0) is 12.8. The maximum atomic E-state index is 5.90. The van der Waals surface area contributed by atoms with E-state index in [2.05, 4.69) is 5.32 Å². The van der Waals surface area contributed by atoms with Gasteiger partial charge in [-0.1, -0.05) is 0 Å². The summed E-state index contributed by atoms with van der Waals surface area (Å²) in [5.41, 5.74) is 7.03. The summed E-state index contributed by atoms with van der Waals surface area (Å²) in [7, 11) is 1.67. The minimum atomic E-state index is 0.360. The van der Waals surface area contributed by atoms with Gasteiger partial charge in [0.1, 0.15) is 12.4 Å². The molecule has 3 N–H and O–H groups in total. The molecule has 18 heavy (non-hydrogen) atoms. The van der Waals surface area contributed by atoms with E-state index >= 15 is 0 Å². The fourth-order valence-electron chi connectivity index (χ4n) is 2.27. The van der Waals surface area contributed by atoms with Crippen LogP contribution in [-0.2, 0) is 4.74 Å². The predicted octanol–water partition coefficient (Wildman–Crippen LogP) is 2.00. The zero-order valence-corrected chi connectivity index (χ0v) is 10.9. The molecule has 0 heterocycles. The number of nitrogens with two attached hydrogens (primary N) is 1. The Balaban J connectivity index is 1.80. The summed E-state index contributed by atoms with van der Waals surface area (Å²) >= 11 is 0. The Hall–Kier alpha value is -1.26. The van der Waals surface area contributed by atoms with Crippen LogP contribution in [0.4, 0.5) is 5.69 Å². The van der Waals surface area contributed by atoms with E-state index < -0.39 is 0 Å². The number of nitrogens with one attached hydrogen (secondary N) is 1. The molecule has 0 saturated heterocycles. The third kappa shape index (κ3) is 3.89. The molecule has 1 aromatic carbocycles. The first kappa shape index (κ1) is 13.2. The molecule has 1 aliphatic carbocycles. The SMILES string of the molecule is COCCOc1ccc(NC2CCC(N)C2)cc1. The number of benzene rings is 1. The number of ether oxygens (including phenoxy) is 2. The number of hydrogen-bond donors (Lipinski definition) is 2. The molecule has 2 unspecified atom stereocenters. The summed E-state index contributed by atoms with van der Waals surface area (Å²) in [6.45, 7) is 1.20. The van der Waals surface area contributed by atoms with Gasteiger partial charge in [-0.15, -0.1) is 0 Å². The highest BCUT2D eigenvalue weighted by Gasteiger charge is 2.21. The standard InChI is InChI=1S/C14H22N2O2/c1-17-8-9-18-14-6-4-12(5-7-14)16-13-3-2-11(15)10-13/h4-7,11,13,16H,2-3,8-10,15H2,1H3. The van der Waals surface area contributed by atoms with Crippen LogP contribution >= 0.6 is 0 Å². The third-order valence-corrected chi connectivity index (χ3v) is 3.25. The highest BCUT2D eigenvalue weighted by molar-refractivity contribution is 5.47. The van der Waals surface area contributed by atoms with Gasteiger partial charge in [-0.3, -0.25) is 0 Å². The highest BCUT2D eigenvalue weighted by Crippen LogP contribution is 2.23. The number of anilines is 1. The van der Waals surface area contributed by atoms with Crippen LogP contribution in [0.1, 0.15) is 19.3 Å². The fraction of sp³-hybridized carbons (Fsp3) is 0.571. The molecule has 1 aliphatic rings. The molecule has 1 saturated carbocycles. The van der Waals surface area contributed by atoms with Gasteiger partial charge in [-0.25, -0.2) is 0 Å². The minimum Gasteiger partial charge on any atom is -0.491 e. The molecule has 4 heteroatoms. The van der Waals surface area contributed by atoms with Crippen molar-refractivity contribution in [2.24, 2.45) is 5.73 Å². The van der Waals surface area contributed by atoms with Crippen molar-refractivity contribution in [3.05, 3.63) is 24.3 Å². The van der Waals surface area contributed by atoms with Gasteiger partial charge in [-0.05, 0) is 43.5 Å². The van der Waals surface area contributed by atoms with E-state index in [0.29, 0.717) is 25.3 Å². The number of hydrogen-bond acceptors (Lipinski definition) is 4. The smallest absolute Gasteiger partial charge is 0.119 e. The molecule has 0 aromatic heterocycles. The van der Waals surface area contributed by atoms with Crippen molar-refractivity contribution >= 4 is 5.69 Å². The van der Waals surface area contributed by atoms with E-state index in [9.17, 15) is 0 Å². The summed E-state index contributed by atoms with van der Waals surface area (Å²) in [4.78, 5) is 0. The van der Waals surface area contributed by atoms with Gasteiger partial charge < -0.3 is 20.5 Å². The number of rotatable bonds is 6. The maximum absolute atomic E-state index is 5.90. The van der Waals surface area contributed by atoms with Gasteiger partial charge in [0.05, 0.1) is 6.61 Å². The van der Waals surface area contributed by atoms with E-state index in [0.717, 1.165) is 30.7 Å². The molecule has 1 aromatic rings. The van der Waals surface area contributed by atoms with Crippen molar-refractivity contribution in [3.8, 4) is 5.75 Å². The Kier molecular flexibility index (Phi) is 4.84. The van der Waals surface area contributed by atoms with Gasteiger partial charge >= 0.3 is 0 Å². The van der Waals surface area contributed by atoms with Crippen molar-refractivity contribution in [2.75, 3.05) is 25.6 Å². The van der Waals surface area contributed by atoms with Crippen LogP contribution in [-0.4, -0.2) is 32.4 Å². The third-order valence-electron chi connectivity index (χ3n) is 3.25. The van der Waals surface area contributed by atoms with E-state index in [1.165, 1.54) is 0 Å². The minimum absolute atomic E-state index is 0.360. The van der Waals surface area contributed by atoms with Crippen LogP contribution in [0.2, 0.25) is 0 Å². The molecule has 0 amide bonds. The lowest BCUT2D eigenvalue weighted by Crippen LogP contribution is -2.20. The molecule has 0 spiro atoms. The average Bonchev–Trinajstić information content (AvgIpc) is 2.77. The van der Waals surface area contributed by atoms with Crippen LogP contribution < -0.4 is 15.8 Å². The topological polar surface area (TPSA) is 56.5 Å². The van der Waals surface area contributed by atoms with Gasteiger partial charge in [0.15, 0.2) is 0 Å². The number of methoxy groups -OCH3 is 1. The normalized spacial score (nSPS) is 23.0. The van der Waals surface area contributed by atoms with Gasteiger partial charge in [0.2, 0.25) is 0 Å². The largest absolute Gasteiger partial charge is 0.491 e. The summed E-state index contributed by atoms with van der Waals surface area (Å²) < 4.78 is 10.5. The first-order valence-corrected chi connectivity index (χ1v) is 6.52. The second-order valence-corrected chi connectivity index (χ2v) is 4.78. The second kappa shape index (κ2) is 6.61. The summed E-state index contributed by atoms with van der Waals surface area (Å²) in [5.74, 6) is 0.876. The quantitative estimate of drug-likeness (QED) is 0.758. The second-order valence-electron chi connectivity index (χ2n) is 4.78. The average molecular weight is 250 g/mol. The Morgan fingerprint density at radius 2 is 2.00 bits per heavy atom. The van der Waals surface area contributed by atoms with E-state index in [4.69, 9.17) is 15.2 Å². The van der Waals surface area contributed by atoms with Crippen molar-refractivity contribution in [2.45, 2.75) is 31.3 Å². The molecule has 4 nitrogen and oxygen atoms in total. The van der Waals surface area contributed by atoms with Crippen LogP contribution in [0.15, 0.2) is 24.3 Å². The maximum Gasteiger partial charge on any atom is 0.119 e. The lowest BCUT2D eigenvalue weighted by Gasteiger charge is -2.14. The van der Waals surface area contributed by atoms with Crippen molar-refractivity contribution < 1.29 is 9.47 Å². The molecule has 100 valence electrons. The fourth-order valence-corrected chi connectivity index (χ4v) is 2.27. The van der Waals surface area contributed by atoms with Gasteiger partial charge in [0.25, 0.3) is 0 Å². The Bertz CT molecular complexity index is 353. The molecular weight excluding hydrogens is 228 g/mol. The molecular formula is C14H22N2O2. The Morgan fingerprint density at radius 1 is 1.22 bits per heavy atom. The first-order chi connectivity index (χ1) is 8.78. The molecule has 2 rings (SSSR count). The predicted molar refractivity (Wildman–Crippen MR) is 73.1 cm³/mol. The molecule has 0 aliphatic heterocycles. The Morgan fingerprint density at radius 3 is 2.61 bits per heavy atom.